The molecular weight excluding hydrogens is 264 g/mol. The third-order valence-corrected chi connectivity index (χ3v) is 3.39. The average molecular weight is 286 g/mol. The van der Waals surface area contributed by atoms with Crippen molar-refractivity contribution in [2.24, 2.45) is 7.05 Å². The summed E-state index contributed by atoms with van der Waals surface area (Å²) >= 11 is 0. The third-order valence-electron chi connectivity index (χ3n) is 3.39. The molecule has 21 heavy (non-hydrogen) atoms. The summed E-state index contributed by atoms with van der Waals surface area (Å²) in [6, 6.07) is 7.67. The molecule has 2 aromatic rings. The van der Waals surface area contributed by atoms with Crippen molar-refractivity contribution in [1.29, 1.82) is 0 Å². The Hall–Kier alpha value is -2.30. The number of aromatic nitrogens is 2. The number of carbonyl (C=O) groups is 1. The van der Waals surface area contributed by atoms with Gasteiger partial charge in [0.2, 0.25) is 0 Å². The summed E-state index contributed by atoms with van der Waals surface area (Å²) in [5, 5.41) is 10.6. The van der Waals surface area contributed by atoms with Gasteiger partial charge in [0, 0.05) is 36.6 Å². The molecule has 112 valence electrons. The molecule has 0 saturated heterocycles. The minimum absolute atomic E-state index is 0.0415. The fraction of sp³-hybridized carbons (Fsp3) is 0.375. The second kappa shape index (κ2) is 6.43. The first-order valence-corrected chi connectivity index (χ1v) is 7.16. The maximum Gasteiger partial charge on any atom is 0.251 e. The Morgan fingerprint density at radius 1 is 1.33 bits per heavy atom. The number of aryl methyl sites for hydroxylation is 2. The van der Waals surface area contributed by atoms with Crippen LogP contribution in [-0.2, 0) is 7.05 Å². The van der Waals surface area contributed by atoms with Crippen LogP contribution in [0.25, 0.3) is 0 Å². The SMILES string of the molecule is CCNC(=O)c1ccc(NC(C)c2cn(C)nc2C)cc1. The van der Waals surface area contributed by atoms with Crippen LogP contribution in [0.3, 0.4) is 0 Å². The second-order valence-electron chi connectivity index (χ2n) is 5.15. The highest BCUT2D eigenvalue weighted by atomic mass is 16.1. The van der Waals surface area contributed by atoms with Crippen LogP contribution in [0.4, 0.5) is 5.69 Å². The number of hydrogen-bond acceptors (Lipinski definition) is 3. The van der Waals surface area contributed by atoms with Gasteiger partial charge in [-0.3, -0.25) is 9.48 Å². The maximum atomic E-state index is 11.7. The smallest absolute Gasteiger partial charge is 0.251 e. The maximum absolute atomic E-state index is 11.7. The second-order valence-corrected chi connectivity index (χ2v) is 5.15. The van der Waals surface area contributed by atoms with Gasteiger partial charge in [0.15, 0.2) is 0 Å². The van der Waals surface area contributed by atoms with Crippen molar-refractivity contribution in [3.8, 4) is 0 Å². The van der Waals surface area contributed by atoms with E-state index in [0.29, 0.717) is 12.1 Å². The molecule has 5 heteroatoms. The van der Waals surface area contributed by atoms with E-state index in [1.54, 1.807) is 0 Å². The summed E-state index contributed by atoms with van der Waals surface area (Å²) in [5.41, 5.74) is 3.85. The summed E-state index contributed by atoms with van der Waals surface area (Å²) in [6.45, 7) is 6.65. The van der Waals surface area contributed by atoms with Crippen molar-refractivity contribution in [3.63, 3.8) is 0 Å². The number of nitrogens with zero attached hydrogens (tertiary/aromatic N) is 2. The predicted octanol–water partition coefficient (Wildman–Crippen LogP) is 2.65. The molecule has 1 atom stereocenters. The average Bonchev–Trinajstić information content (AvgIpc) is 2.79. The molecule has 2 N–H and O–H groups in total. The number of carbonyl (C=O) groups excluding carboxylic acids is 1. The van der Waals surface area contributed by atoms with Gasteiger partial charge in [-0.1, -0.05) is 0 Å². The number of anilines is 1. The molecule has 0 aliphatic rings. The molecular formula is C16H22N4O. The van der Waals surface area contributed by atoms with Crippen molar-refractivity contribution in [3.05, 3.63) is 47.3 Å². The van der Waals surface area contributed by atoms with E-state index >= 15 is 0 Å². The quantitative estimate of drug-likeness (QED) is 0.888. The van der Waals surface area contributed by atoms with Crippen LogP contribution in [0, 0.1) is 6.92 Å². The van der Waals surface area contributed by atoms with Crippen molar-refractivity contribution < 1.29 is 4.79 Å². The molecule has 1 unspecified atom stereocenters. The summed E-state index contributed by atoms with van der Waals surface area (Å²) in [4.78, 5) is 11.7. The van der Waals surface area contributed by atoms with Gasteiger partial charge in [0.25, 0.3) is 5.91 Å². The summed E-state index contributed by atoms with van der Waals surface area (Å²) in [5.74, 6) is -0.0415. The third kappa shape index (κ3) is 3.62. The van der Waals surface area contributed by atoms with E-state index in [1.807, 2.05) is 56.0 Å². The van der Waals surface area contributed by atoms with E-state index in [4.69, 9.17) is 0 Å². The lowest BCUT2D eigenvalue weighted by Gasteiger charge is -2.15. The molecule has 1 aromatic carbocycles. The lowest BCUT2D eigenvalue weighted by Crippen LogP contribution is -2.22. The number of nitrogens with one attached hydrogen (secondary N) is 2. The minimum Gasteiger partial charge on any atom is -0.378 e. The molecule has 0 spiro atoms. The summed E-state index contributed by atoms with van der Waals surface area (Å²) < 4.78 is 1.82. The van der Waals surface area contributed by atoms with E-state index in [2.05, 4.69) is 22.7 Å². The molecule has 5 nitrogen and oxygen atoms in total. The van der Waals surface area contributed by atoms with E-state index in [9.17, 15) is 4.79 Å². The van der Waals surface area contributed by atoms with Crippen LogP contribution >= 0.6 is 0 Å². The van der Waals surface area contributed by atoms with Crippen LogP contribution < -0.4 is 10.6 Å². The highest BCUT2D eigenvalue weighted by molar-refractivity contribution is 5.94. The highest BCUT2D eigenvalue weighted by Crippen LogP contribution is 2.21. The van der Waals surface area contributed by atoms with Crippen LogP contribution in [-0.4, -0.2) is 22.2 Å². The Morgan fingerprint density at radius 2 is 2.00 bits per heavy atom. The minimum atomic E-state index is -0.0415. The van der Waals surface area contributed by atoms with E-state index in [-0.39, 0.29) is 11.9 Å². The monoisotopic (exact) mass is 286 g/mol. The van der Waals surface area contributed by atoms with Crippen molar-refractivity contribution >= 4 is 11.6 Å². The van der Waals surface area contributed by atoms with Gasteiger partial charge in [-0.2, -0.15) is 5.10 Å². The Morgan fingerprint density at radius 3 is 2.52 bits per heavy atom. The van der Waals surface area contributed by atoms with Crippen molar-refractivity contribution in [2.75, 3.05) is 11.9 Å². The normalized spacial score (nSPS) is 12.0. The standard InChI is InChI=1S/C16H22N4O/c1-5-17-16(21)13-6-8-14(9-7-13)18-11(2)15-10-20(4)19-12(15)3/h6-11,18H,5H2,1-4H3,(H,17,21). The Labute approximate surface area is 125 Å². The van der Waals surface area contributed by atoms with Gasteiger partial charge in [-0.05, 0) is 45.0 Å². The molecule has 0 saturated carbocycles. The molecule has 0 aliphatic carbocycles. The first-order chi connectivity index (χ1) is 10.0. The van der Waals surface area contributed by atoms with Gasteiger partial charge in [-0.25, -0.2) is 0 Å². The Kier molecular flexibility index (Phi) is 4.62. The molecule has 0 aliphatic heterocycles. The molecule has 1 aromatic heterocycles. The topological polar surface area (TPSA) is 59.0 Å². The van der Waals surface area contributed by atoms with Gasteiger partial charge < -0.3 is 10.6 Å². The van der Waals surface area contributed by atoms with Crippen LogP contribution in [0.1, 0.15) is 41.5 Å². The lowest BCUT2D eigenvalue weighted by atomic mass is 10.1. The van der Waals surface area contributed by atoms with Gasteiger partial charge >= 0.3 is 0 Å². The largest absolute Gasteiger partial charge is 0.378 e. The van der Waals surface area contributed by atoms with Crippen LogP contribution in [0.5, 0.6) is 0 Å². The lowest BCUT2D eigenvalue weighted by molar-refractivity contribution is 0.0956. The number of benzene rings is 1. The van der Waals surface area contributed by atoms with Gasteiger partial charge in [-0.15, -0.1) is 0 Å². The Bertz CT molecular complexity index is 616. The fourth-order valence-electron chi connectivity index (χ4n) is 2.35. The summed E-state index contributed by atoms with van der Waals surface area (Å²) in [7, 11) is 1.92. The molecule has 1 amide bonds. The Balaban J connectivity index is 2.06. The molecule has 2 rings (SSSR count). The summed E-state index contributed by atoms with van der Waals surface area (Å²) in [6.07, 6.45) is 2.02. The number of amides is 1. The zero-order valence-electron chi connectivity index (χ0n) is 13.0. The zero-order valence-corrected chi connectivity index (χ0v) is 13.0. The van der Waals surface area contributed by atoms with E-state index in [0.717, 1.165) is 11.4 Å². The van der Waals surface area contributed by atoms with Gasteiger partial charge in [0.1, 0.15) is 0 Å². The number of rotatable bonds is 5. The molecule has 1 heterocycles. The zero-order chi connectivity index (χ0) is 15.4. The highest BCUT2D eigenvalue weighted by Gasteiger charge is 2.12. The molecule has 0 bridgehead atoms. The van der Waals surface area contributed by atoms with Crippen molar-refractivity contribution in [2.45, 2.75) is 26.8 Å². The molecule has 0 fully saturated rings. The van der Waals surface area contributed by atoms with Crippen LogP contribution in [0.15, 0.2) is 30.5 Å². The van der Waals surface area contributed by atoms with E-state index in [1.165, 1.54) is 5.56 Å². The van der Waals surface area contributed by atoms with Crippen LogP contribution in [0.2, 0.25) is 0 Å². The molecule has 0 radical (unpaired) electrons. The van der Waals surface area contributed by atoms with Gasteiger partial charge in [0.05, 0.1) is 11.7 Å². The van der Waals surface area contributed by atoms with Crippen molar-refractivity contribution in [1.82, 2.24) is 15.1 Å². The first-order valence-electron chi connectivity index (χ1n) is 7.16. The van der Waals surface area contributed by atoms with E-state index < -0.39 is 0 Å². The predicted molar refractivity (Wildman–Crippen MR) is 84.4 cm³/mol. The first kappa shape index (κ1) is 15.1. The fourth-order valence-corrected chi connectivity index (χ4v) is 2.35. The number of hydrogen-bond donors (Lipinski definition) is 2.